The van der Waals surface area contributed by atoms with E-state index < -0.39 is 41.9 Å². The van der Waals surface area contributed by atoms with E-state index >= 15 is 0 Å². The van der Waals surface area contributed by atoms with Gasteiger partial charge in [-0.3, -0.25) is 0 Å². The van der Waals surface area contributed by atoms with E-state index in [1.165, 1.54) is 24.3 Å². The summed E-state index contributed by atoms with van der Waals surface area (Å²) in [5.41, 5.74) is 2.06. The molecule has 0 saturated heterocycles. The topological polar surface area (TPSA) is 0 Å². The molecule has 0 aliphatic heterocycles. The van der Waals surface area contributed by atoms with Gasteiger partial charge in [-0.05, 0) is 0 Å². The summed E-state index contributed by atoms with van der Waals surface area (Å²) in [4.78, 5) is 0. The summed E-state index contributed by atoms with van der Waals surface area (Å²) in [5.74, 6) is 0. The predicted octanol–water partition coefficient (Wildman–Crippen LogP) is 6.88. The van der Waals surface area contributed by atoms with Crippen LogP contribution in [0.3, 0.4) is 0 Å². The fraction of sp³-hybridized carbons (Fsp3) is 0.143. The van der Waals surface area contributed by atoms with Gasteiger partial charge in [-0.1, -0.05) is 0 Å². The van der Waals surface area contributed by atoms with Crippen molar-refractivity contribution in [3.8, 4) is 0 Å². The molecule has 0 N–H and O–H groups in total. The van der Waals surface area contributed by atoms with Gasteiger partial charge in [0.25, 0.3) is 0 Å². The molecule has 20 heavy (non-hydrogen) atoms. The van der Waals surface area contributed by atoms with Crippen LogP contribution in [0.1, 0.15) is 11.1 Å². The number of hydrogen-bond acceptors (Lipinski definition) is 0. The average Bonchev–Trinajstić information content (AvgIpc) is 2.40. The summed E-state index contributed by atoms with van der Waals surface area (Å²) in [7, 11) is 0. The van der Waals surface area contributed by atoms with Crippen molar-refractivity contribution in [3.05, 3.63) is 66.8 Å². The summed E-state index contributed by atoms with van der Waals surface area (Å²) in [6.07, 6.45) is 0. The Kier molecular flexibility index (Phi) is 7.78. The summed E-state index contributed by atoms with van der Waals surface area (Å²) in [6, 6.07) is 12.9. The third-order valence-corrected chi connectivity index (χ3v) is 5.67. The van der Waals surface area contributed by atoms with E-state index in [1.807, 2.05) is 13.8 Å². The molecule has 0 saturated carbocycles. The van der Waals surface area contributed by atoms with E-state index in [2.05, 4.69) is 0 Å². The van der Waals surface area contributed by atoms with Gasteiger partial charge in [-0.2, -0.15) is 0 Å². The molecule has 2 aromatic rings. The number of benzene rings is 2. The number of halogens is 6. The van der Waals surface area contributed by atoms with Gasteiger partial charge < -0.3 is 0 Å². The summed E-state index contributed by atoms with van der Waals surface area (Å²) >= 11 is -7.41. The van der Waals surface area contributed by atoms with Crippen molar-refractivity contribution in [2.24, 2.45) is 0 Å². The van der Waals surface area contributed by atoms with Crippen LogP contribution in [-0.4, -0.2) is 0 Å². The molecular weight excluding hydrogens is 498 g/mol. The van der Waals surface area contributed by atoms with E-state index in [-0.39, 0.29) is 7.14 Å². The molecule has 112 valence electrons. The molecule has 0 aromatic heterocycles. The maximum absolute atomic E-state index is 12.1. The first-order valence-corrected chi connectivity index (χ1v) is 11.0. The van der Waals surface area contributed by atoms with Crippen LogP contribution < -0.4 is 0 Å². The molecule has 0 radical (unpaired) electrons. The Labute approximate surface area is 133 Å². The predicted molar refractivity (Wildman–Crippen MR) is 92.2 cm³/mol. The van der Waals surface area contributed by atoms with Crippen LogP contribution in [0, 0.1) is 21.0 Å². The van der Waals surface area contributed by atoms with Crippen LogP contribution in [0.25, 0.3) is 0 Å². The third-order valence-electron chi connectivity index (χ3n) is 2.35. The molecule has 0 bridgehead atoms. The molecule has 0 unspecified atom stereocenters. The monoisotopic (exact) mass is 512 g/mol. The van der Waals surface area contributed by atoms with Gasteiger partial charge >= 0.3 is 134 Å². The number of hydrogen-bond donors (Lipinski definition) is 0. The molecule has 2 aromatic carbocycles. The minimum absolute atomic E-state index is 0.245. The van der Waals surface area contributed by atoms with Crippen LogP contribution in [0.15, 0.2) is 48.5 Å². The van der Waals surface area contributed by atoms with Gasteiger partial charge in [0.05, 0.1) is 0 Å². The second-order valence-electron chi connectivity index (χ2n) is 3.98. The van der Waals surface area contributed by atoms with Gasteiger partial charge in [-0.25, -0.2) is 0 Å². The average molecular weight is 512 g/mol. The van der Waals surface area contributed by atoms with Gasteiger partial charge in [-0.15, -0.1) is 0 Å². The van der Waals surface area contributed by atoms with E-state index in [4.69, 9.17) is 0 Å². The number of rotatable bonds is 2. The van der Waals surface area contributed by atoms with E-state index in [0.29, 0.717) is 0 Å². The molecule has 0 nitrogen and oxygen atoms in total. The first-order chi connectivity index (χ1) is 9.40. The van der Waals surface area contributed by atoms with Crippen molar-refractivity contribution in [1.82, 2.24) is 0 Å². The molecule has 6 heteroatoms. The summed E-state index contributed by atoms with van der Waals surface area (Å²) in [6.45, 7) is 3.78. The molecule has 0 aliphatic carbocycles. The molecule has 0 atom stereocenters. The Hall–Kier alpha value is -0.380. The van der Waals surface area contributed by atoms with Crippen molar-refractivity contribution in [3.63, 3.8) is 0 Å². The van der Waals surface area contributed by atoms with Crippen LogP contribution in [0.5, 0.6) is 0 Å². The van der Waals surface area contributed by atoms with Crippen LogP contribution in [0.2, 0.25) is 0 Å². The van der Waals surface area contributed by atoms with E-state index in [0.717, 1.165) is 11.1 Å². The molecule has 0 amide bonds. The zero-order valence-electron chi connectivity index (χ0n) is 10.9. The summed E-state index contributed by atoms with van der Waals surface area (Å²) in [5, 5.41) is 0. The summed E-state index contributed by atoms with van der Waals surface area (Å²) < 4.78 is 48.7. The zero-order chi connectivity index (χ0) is 15.1. The molecule has 2 rings (SSSR count). The van der Waals surface area contributed by atoms with Gasteiger partial charge in [0.2, 0.25) is 0 Å². The third kappa shape index (κ3) is 6.38. The fourth-order valence-electron chi connectivity index (χ4n) is 1.26. The van der Waals surface area contributed by atoms with E-state index in [9.17, 15) is 11.4 Å². The maximum atomic E-state index is 12.1. The van der Waals surface area contributed by atoms with Crippen molar-refractivity contribution in [2.75, 3.05) is 0 Å². The van der Waals surface area contributed by atoms with Crippen LogP contribution in [0.4, 0.5) is 11.4 Å². The van der Waals surface area contributed by atoms with Crippen molar-refractivity contribution < 1.29 is 11.4 Å². The van der Waals surface area contributed by atoms with Crippen molar-refractivity contribution in [2.45, 2.75) is 13.8 Å². The minimum atomic E-state index is -3.70. The van der Waals surface area contributed by atoms with Crippen LogP contribution in [-0.2, 0) is 0 Å². The molecule has 0 spiro atoms. The second-order valence-corrected chi connectivity index (χ2v) is 8.72. The molecule has 0 fully saturated rings. The van der Waals surface area contributed by atoms with Gasteiger partial charge in [0, 0.05) is 0 Å². The molecule has 0 heterocycles. The first kappa shape index (κ1) is 17.7. The van der Waals surface area contributed by atoms with Gasteiger partial charge in [0.15, 0.2) is 0 Å². The van der Waals surface area contributed by atoms with E-state index in [1.54, 1.807) is 24.3 Å². The van der Waals surface area contributed by atoms with Gasteiger partial charge in [0.1, 0.15) is 0 Å². The normalized spacial score (nSPS) is 11.3. The molecule has 0 aliphatic rings. The SMILES string of the molecule is Cc1ccc(I(F)F)cc1.Cc1ccc(I(F)F)cc1. The first-order valence-electron chi connectivity index (χ1n) is 5.59. The molecular formula is C14H14F4I2. The van der Waals surface area contributed by atoms with Crippen LogP contribution >= 0.6 is 41.9 Å². The van der Waals surface area contributed by atoms with Crippen molar-refractivity contribution in [1.29, 1.82) is 0 Å². The quantitative estimate of drug-likeness (QED) is 0.304. The Bertz CT molecular complexity index is 460. The Morgan fingerprint density at radius 2 is 0.800 bits per heavy atom. The Morgan fingerprint density at radius 1 is 0.550 bits per heavy atom. The fourth-order valence-corrected chi connectivity index (χ4v) is 3.06. The standard InChI is InChI=1S/2C7H7F2I/c2*1-6-2-4-7(5-3-6)10(8)9/h2*2-5H,1H3. The second kappa shape index (κ2) is 8.81. The Morgan fingerprint density at radius 3 is 1.00 bits per heavy atom. The number of aryl methyl sites for hydroxylation is 2. The Balaban J connectivity index is 0.000000200. The van der Waals surface area contributed by atoms with Crippen molar-refractivity contribution >= 4 is 41.9 Å². The zero-order valence-corrected chi connectivity index (χ0v) is 15.2.